The largest absolute Gasteiger partial charge is 0.409 e. The van der Waals surface area contributed by atoms with Gasteiger partial charge in [-0.1, -0.05) is 24.4 Å². The zero-order valence-corrected chi connectivity index (χ0v) is 12.3. The van der Waals surface area contributed by atoms with Crippen molar-refractivity contribution in [3.05, 3.63) is 23.4 Å². The number of rotatable bonds is 4. The molecule has 0 unspecified atom stereocenters. The van der Waals surface area contributed by atoms with Crippen molar-refractivity contribution in [2.24, 2.45) is 16.8 Å². The molecule has 0 aromatic carbocycles. The molecule has 0 saturated heterocycles. The minimum absolute atomic E-state index is 0.114. The van der Waals surface area contributed by atoms with Crippen LogP contribution in [0.15, 0.2) is 17.3 Å². The number of pyridine rings is 1. The zero-order valence-electron chi connectivity index (χ0n) is 12.3. The predicted octanol–water partition coefficient (Wildman–Crippen LogP) is 2.50. The van der Waals surface area contributed by atoms with E-state index in [1.54, 1.807) is 0 Å². The molecule has 0 radical (unpaired) electrons. The number of aromatic nitrogens is 1. The van der Waals surface area contributed by atoms with Crippen molar-refractivity contribution < 1.29 is 5.21 Å². The molecule has 3 N–H and O–H groups in total. The van der Waals surface area contributed by atoms with E-state index < -0.39 is 0 Å². The number of anilines is 1. The third-order valence-corrected chi connectivity index (χ3v) is 4.02. The second-order valence-electron chi connectivity index (χ2n) is 5.69. The Balaban J connectivity index is 2.19. The molecule has 5 heteroatoms. The first kappa shape index (κ1) is 14.6. The molecule has 1 aliphatic rings. The van der Waals surface area contributed by atoms with E-state index in [0.29, 0.717) is 5.56 Å². The van der Waals surface area contributed by atoms with E-state index in [4.69, 9.17) is 10.9 Å². The monoisotopic (exact) mass is 276 g/mol. The van der Waals surface area contributed by atoms with Gasteiger partial charge in [-0.2, -0.15) is 0 Å². The van der Waals surface area contributed by atoms with E-state index >= 15 is 0 Å². The Morgan fingerprint density at radius 3 is 2.75 bits per heavy atom. The highest BCUT2D eigenvalue weighted by atomic mass is 16.4. The Morgan fingerprint density at radius 1 is 1.40 bits per heavy atom. The summed E-state index contributed by atoms with van der Waals surface area (Å²) >= 11 is 0. The standard InChI is InChI=1S/C15H24N4O/c1-11-8-9-13(14(16)18-20)15(17-11)19(2)10-12-6-4-3-5-7-12/h8-9,12,20H,3-7,10H2,1-2H3,(H2,16,18). The van der Waals surface area contributed by atoms with E-state index in [1.807, 2.05) is 26.1 Å². The van der Waals surface area contributed by atoms with Crippen molar-refractivity contribution in [2.45, 2.75) is 39.0 Å². The van der Waals surface area contributed by atoms with Crippen LogP contribution in [0.25, 0.3) is 0 Å². The smallest absolute Gasteiger partial charge is 0.173 e. The quantitative estimate of drug-likeness (QED) is 0.383. The topological polar surface area (TPSA) is 74.7 Å². The minimum Gasteiger partial charge on any atom is -0.409 e. The van der Waals surface area contributed by atoms with Crippen LogP contribution in [-0.4, -0.2) is 29.6 Å². The third-order valence-electron chi connectivity index (χ3n) is 4.02. The zero-order chi connectivity index (χ0) is 14.5. The highest BCUT2D eigenvalue weighted by Crippen LogP contribution is 2.26. The van der Waals surface area contributed by atoms with Crippen molar-refractivity contribution in [1.82, 2.24) is 4.98 Å². The summed E-state index contributed by atoms with van der Waals surface area (Å²) in [5, 5.41) is 12.0. The molecule has 1 heterocycles. The van der Waals surface area contributed by atoms with Crippen LogP contribution in [0.3, 0.4) is 0 Å². The van der Waals surface area contributed by atoms with E-state index in [9.17, 15) is 0 Å². The molecule has 1 saturated carbocycles. The number of aryl methyl sites for hydroxylation is 1. The molecule has 1 fully saturated rings. The van der Waals surface area contributed by atoms with Gasteiger partial charge in [0.2, 0.25) is 0 Å². The number of hydrogen-bond donors (Lipinski definition) is 2. The summed E-state index contributed by atoms with van der Waals surface area (Å²) in [6.07, 6.45) is 6.59. The molecule has 2 rings (SSSR count). The maximum Gasteiger partial charge on any atom is 0.173 e. The number of oxime groups is 1. The maximum atomic E-state index is 8.90. The average Bonchev–Trinajstić information content (AvgIpc) is 2.47. The molecule has 1 aliphatic carbocycles. The SMILES string of the molecule is Cc1ccc(C(N)=NO)c(N(C)CC2CCCCC2)n1. The number of amidine groups is 1. The fourth-order valence-corrected chi connectivity index (χ4v) is 2.93. The van der Waals surface area contributed by atoms with Gasteiger partial charge >= 0.3 is 0 Å². The van der Waals surface area contributed by atoms with Crippen molar-refractivity contribution in [3.8, 4) is 0 Å². The number of hydrogen-bond acceptors (Lipinski definition) is 4. The lowest BCUT2D eigenvalue weighted by atomic mass is 9.89. The van der Waals surface area contributed by atoms with Gasteiger partial charge in [-0.25, -0.2) is 4.98 Å². The molecular formula is C15H24N4O. The third kappa shape index (κ3) is 3.40. The number of nitrogens with zero attached hydrogens (tertiary/aromatic N) is 3. The fraction of sp³-hybridized carbons (Fsp3) is 0.600. The van der Waals surface area contributed by atoms with Crippen LogP contribution >= 0.6 is 0 Å². The Hall–Kier alpha value is -1.78. The van der Waals surface area contributed by atoms with Crippen LogP contribution in [0.2, 0.25) is 0 Å². The van der Waals surface area contributed by atoms with E-state index in [0.717, 1.165) is 24.0 Å². The highest BCUT2D eigenvalue weighted by molar-refractivity contribution is 6.01. The van der Waals surface area contributed by atoms with Crippen LogP contribution in [0.1, 0.15) is 43.4 Å². The van der Waals surface area contributed by atoms with Crippen LogP contribution < -0.4 is 10.6 Å². The lowest BCUT2D eigenvalue weighted by molar-refractivity contribution is 0.318. The van der Waals surface area contributed by atoms with Crippen LogP contribution in [-0.2, 0) is 0 Å². The Kier molecular flexibility index (Phi) is 4.82. The average molecular weight is 276 g/mol. The minimum atomic E-state index is 0.114. The normalized spacial score (nSPS) is 17.2. The molecular weight excluding hydrogens is 252 g/mol. The van der Waals surface area contributed by atoms with E-state index in [2.05, 4.69) is 15.0 Å². The second-order valence-corrected chi connectivity index (χ2v) is 5.69. The lowest BCUT2D eigenvalue weighted by Crippen LogP contribution is -2.30. The first-order valence-electron chi connectivity index (χ1n) is 7.28. The number of nitrogens with two attached hydrogens (primary N) is 1. The van der Waals surface area contributed by atoms with E-state index in [-0.39, 0.29) is 5.84 Å². The summed E-state index contributed by atoms with van der Waals surface area (Å²) in [4.78, 5) is 6.70. The van der Waals surface area contributed by atoms with Crippen LogP contribution in [0, 0.1) is 12.8 Å². The molecule has 20 heavy (non-hydrogen) atoms. The van der Waals surface area contributed by atoms with Crippen molar-refractivity contribution >= 4 is 11.7 Å². The molecule has 0 spiro atoms. The summed E-state index contributed by atoms with van der Waals surface area (Å²) < 4.78 is 0. The molecule has 1 aromatic rings. The van der Waals surface area contributed by atoms with E-state index in [1.165, 1.54) is 32.1 Å². The predicted molar refractivity (Wildman–Crippen MR) is 81.3 cm³/mol. The Labute approximate surface area is 120 Å². The van der Waals surface area contributed by atoms with Gasteiger partial charge in [-0.05, 0) is 37.8 Å². The molecule has 0 aliphatic heterocycles. The van der Waals surface area contributed by atoms with Gasteiger partial charge in [0.25, 0.3) is 0 Å². The summed E-state index contributed by atoms with van der Waals surface area (Å²) in [7, 11) is 2.03. The van der Waals surface area contributed by atoms with Gasteiger partial charge in [0.05, 0.1) is 5.56 Å². The van der Waals surface area contributed by atoms with Gasteiger partial charge in [0, 0.05) is 19.3 Å². The lowest BCUT2D eigenvalue weighted by Gasteiger charge is -2.28. The second kappa shape index (κ2) is 6.59. The summed E-state index contributed by atoms with van der Waals surface area (Å²) in [6.45, 7) is 2.93. The molecule has 0 amide bonds. The fourth-order valence-electron chi connectivity index (χ4n) is 2.93. The summed E-state index contributed by atoms with van der Waals surface area (Å²) in [5.74, 6) is 1.63. The summed E-state index contributed by atoms with van der Waals surface area (Å²) in [6, 6.07) is 3.75. The molecule has 5 nitrogen and oxygen atoms in total. The van der Waals surface area contributed by atoms with Crippen molar-refractivity contribution in [1.29, 1.82) is 0 Å². The molecule has 110 valence electrons. The van der Waals surface area contributed by atoms with Crippen molar-refractivity contribution in [3.63, 3.8) is 0 Å². The van der Waals surface area contributed by atoms with Crippen molar-refractivity contribution in [2.75, 3.05) is 18.5 Å². The van der Waals surface area contributed by atoms with Gasteiger partial charge < -0.3 is 15.8 Å². The maximum absolute atomic E-state index is 8.90. The van der Waals surface area contributed by atoms with Gasteiger partial charge in [-0.15, -0.1) is 0 Å². The first-order chi connectivity index (χ1) is 9.61. The van der Waals surface area contributed by atoms with Crippen LogP contribution in [0.4, 0.5) is 5.82 Å². The van der Waals surface area contributed by atoms with Crippen LogP contribution in [0.5, 0.6) is 0 Å². The van der Waals surface area contributed by atoms with Gasteiger partial charge in [-0.3, -0.25) is 0 Å². The molecule has 1 aromatic heterocycles. The van der Waals surface area contributed by atoms with Gasteiger partial charge in [0.1, 0.15) is 5.82 Å². The Bertz CT molecular complexity index is 481. The van der Waals surface area contributed by atoms with Gasteiger partial charge in [0.15, 0.2) is 5.84 Å². The highest BCUT2D eigenvalue weighted by Gasteiger charge is 2.19. The molecule has 0 bridgehead atoms. The molecule has 0 atom stereocenters. The first-order valence-corrected chi connectivity index (χ1v) is 7.28. The Morgan fingerprint density at radius 2 is 2.10 bits per heavy atom. The summed E-state index contributed by atoms with van der Waals surface area (Å²) in [5.41, 5.74) is 7.38.